The predicted molar refractivity (Wildman–Crippen MR) is 122 cm³/mol. The zero-order valence-electron chi connectivity index (χ0n) is 17.7. The third-order valence-corrected chi connectivity index (χ3v) is 4.82. The third-order valence-electron chi connectivity index (χ3n) is 4.65. The van der Waals surface area contributed by atoms with Crippen molar-refractivity contribution in [3.05, 3.63) is 47.1 Å². The average Bonchev–Trinajstić information content (AvgIpc) is 3.22. The molecular weight excluding hydrogens is 418 g/mol. The van der Waals surface area contributed by atoms with Crippen LogP contribution in [-0.2, 0) is 11.3 Å². The van der Waals surface area contributed by atoms with Crippen LogP contribution in [0, 0.1) is 6.92 Å². The first-order valence-electron chi connectivity index (χ1n) is 10.2. The summed E-state index contributed by atoms with van der Waals surface area (Å²) >= 11 is 5.87. The van der Waals surface area contributed by atoms with E-state index < -0.39 is 6.09 Å². The number of halogens is 1. The van der Waals surface area contributed by atoms with E-state index in [2.05, 4.69) is 25.6 Å². The van der Waals surface area contributed by atoms with Gasteiger partial charge in [0.1, 0.15) is 11.3 Å². The van der Waals surface area contributed by atoms with E-state index in [9.17, 15) is 4.79 Å². The number of hydrogen-bond acceptors (Lipinski definition) is 7. The number of furan rings is 1. The summed E-state index contributed by atoms with van der Waals surface area (Å²) in [6.07, 6.45) is 6.58. The second-order valence-corrected chi connectivity index (χ2v) is 7.31. The Balaban J connectivity index is 1.29. The van der Waals surface area contributed by atoms with Gasteiger partial charge in [-0.3, -0.25) is 4.99 Å². The number of ether oxygens (including phenoxy) is 1. The molecule has 31 heavy (non-hydrogen) atoms. The van der Waals surface area contributed by atoms with Crippen LogP contribution < -0.4 is 10.6 Å². The quantitative estimate of drug-likeness (QED) is 0.246. The number of nitrogens with zero attached hydrogens (tertiary/aromatic N) is 3. The van der Waals surface area contributed by atoms with Crippen LogP contribution in [0.3, 0.4) is 0 Å². The number of aromatic nitrogens is 2. The highest BCUT2D eigenvalue weighted by molar-refractivity contribution is 6.28. The zero-order valence-corrected chi connectivity index (χ0v) is 18.4. The molecule has 0 atom stereocenters. The number of alkyl carbamates (subject to hydrolysis) is 1. The number of aryl methyl sites for hydroxylation is 1. The molecule has 1 amide bonds. The molecule has 9 heteroatoms. The van der Waals surface area contributed by atoms with Crippen LogP contribution in [0.5, 0.6) is 0 Å². The number of aliphatic imine (C=N–C) groups is 1. The number of unbranched alkanes of at least 4 members (excludes halogenated alkanes) is 3. The van der Waals surface area contributed by atoms with Crippen molar-refractivity contribution in [1.82, 2.24) is 15.3 Å². The minimum absolute atomic E-state index is 0.198. The smallest absolute Gasteiger partial charge is 0.407 e. The van der Waals surface area contributed by atoms with Gasteiger partial charge in [-0.05, 0) is 68.0 Å². The number of hydrogen-bond donors (Lipinski definition) is 2. The highest BCUT2D eigenvalue weighted by atomic mass is 35.5. The number of nitrogens with one attached hydrogen (secondary N) is 2. The van der Waals surface area contributed by atoms with E-state index in [0.29, 0.717) is 24.7 Å². The molecule has 0 fully saturated rings. The Morgan fingerprint density at radius 2 is 2.13 bits per heavy atom. The van der Waals surface area contributed by atoms with Crippen molar-refractivity contribution < 1.29 is 13.9 Å². The number of carbonyl (C=O) groups excluding carboxylic acids is 1. The molecule has 0 saturated heterocycles. The van der Waals surface area contributed by atoms with Crippen molar-refractivity contribution in [3.8, 4) is 0 Å². The van der Waals surface area contributed by atoms with Gasteiger partial charge in [-0.1, -0.05) is 6.07 Å². The molecule has 3 rings (SSSR count). The predicted octanol–water partition coefficient (Wildman–Crippen LogP) is 5.42. The summed E-state index contributed by atoms with van der Waals surface area (Å²) in [6, 6.07) is 7.69. The Kier molecular flexibility index (Phi) is 8.23. The van der Waals surface area contributed by atoms with E-state index in [-0.39, 0.29) is 5.28 Å². The Morgan fingerprint density at radius 1 is 1.26 bits per heavy atom. The molecule has 8 nitrogen and oxygen atoms in total. The molecule has 3 aromatic rings. The van der Waals surface area contributed by atoms with Crippen molar-refractivity contribution in [2.75, 3.05) is 19.0 Å². The first-order chi connectivity index (χ1) is 15.1. The van der Waals surface area contributed by atoms with E-state index in [1.807, 2.05) is 37.4 Å². The summed E-state index contributed by atoms with van der Waals surface area (Å²) in [6.45, 7) is 2.65. The fourth-order valence-corrected chi connectivity index (χ4v) is 3.26. The molecule has 2 heterocycles. The molecule has 0 saturated carbocycles. The minimum atomic E-state index is -0.410. The van der Waals surface area contributed by atoms with Gasteiger partial charge in [0.2, 0.25) is 5.28 Å². The minimum Gasteiger partial charge on any atom is -0.464 e. The third kappa shape index (κ3) is 6.68. The van der Waals surface area contributed by atoms with E-state index >= 15 is 0 Å². The largest absolute Gasteiger partial charge is 0.464 e. The lowest BCUT2D eigenvalue weighted by molar-refractivity contribution is 0.143. The zero-order chi connectivity index (χ0) is 22.1. The van der Waals surface area contributed by atoms with E-state index in [0.717, 1.165) is 47.9 Å². The summed E-state index contributed by atoms with van der Waals surface area (Å²) in [5.41, 5.74) is 3.24. The molecule has 1 aromatic carbocycles. The van der Waals surface area contributed by atoms with Crippen LogP contribution in [0.4, 0.5) is 16.3 Å². The number of anilines is 1. The van der Waals surface area contributed by atoms with E-state index in [1.165, 1.54) is 0 Å². The van der Waals surface area contributed by atoms with Crippen molar-refractivity contribution >= 4 is 46.4 Å². The van der Waals surface area contributed by atoms with Crippen molar-refractivity contribution in [1.29, 1.82) is 0 Å². The Hall–Kier alpha value is -3.13. The Morgan fingerprint density at radius 3 is 2.97 bits per heavy atom. The molecule has 0 unspecified atom stereocenters. The molecular formula is C22H26ClN5O3. The van der Waals surface area contributed by atoms with E-state index in [4.69, 9.17) is 20.8 Å². The van der Waals surface area contributed by atoms with Gasteiger partial charge in [0.05, 0.1) is 18.6 Å². The first kappa shape index (κ1) is 22.6. The summed E-state index contributed by atoms with van der Waals surface area (Å²) in [5, 5.41) is 6.95. The maximum absolute atomic E-state index is 11.8. The normalized spacial score (nSPS) is 11.2. The van der Waals surface area contributed by atoms with Crippen molar-refractivity contribution in [2.24, 2.45) is 4.99 Å². The number of fused-ring (bicyclic) bond motifs is 1. The van der Waals surface area contributed by atoms with Gasteiger partial charge in [0, 0.05) is 25.2 Å². The fourth-order valence-electron chi connectivity index (χ4n) is 3.05. The summed E-state index contributed by atoms with van der Waals surface area (Å²) in [5.74, 6) is 0.609. The number of rotatable bonds is 10. The maximum Gasteiger partial charge on any atom is 0.407 e. The summed E-state index contributed by atoms with van der Waals surface area (Å²) in [7, 11) is 1.77. The highest BCUT2D eigenvalue weighted by Gasteiger charge is 2.08. The van der Waals surface area contributed by atoms with Gasteiger partial charge in [-0.2, -0.15) is 4.98 Å². The van der Waals surface area contributed by atoms with Gasteiger partial charge < -0.3 is 19.8 Å². The fraction of sp³-hybridized carbons (Fsp3) is 0.364. The standard InChI is InChI=1S/C22H26ClN5O3/c1-15-19(20(24-2)28-21(23)27-15)25-10-5-3-4-6-11-31-22(29)26-14-16-7-8-18-17(13-16)9-12-30-18/h7-10,12-13H,3-6,11,14H2,1-2H3,(H,26,29)(H,24,27,28). The number of benzene rings is 1. The second-order valence-electron chi connectivity index (χ2n) is 6.97. The lowest BCUT2D eigenvalue weighted by Crippen LogP contribution is -2.24. The molecule has 0 aliphatic carbocycles. The van der Waals surface area contributed by atoms with Crippen LogP contribution in [0.2, 0.25) is 5.28 Å². The summed E-state index contributed by atoms with van der Waals surface area (Å²) in [4.78, 5) is 24.5. The maximum atomic E-state index is 11.8. The van der Waals surface area contributed by atoms with Crippen LogP contribution in [0.1, 0.15) is 36.9 Å². The first-order valence-corrected chi connectivity index (χ1v) is 10.6. The lowest BCUT2D eigenvalue weighted by Gasteiger charge is -2.07. The van der Waals surface area contributed by atoms with Gasteiger partial charge in [-0.25, -0.2) is 9.78 Å². The topological polar surface area (TPSA) is 102 Å². The lowest BCUT2D eigenvalue weighted by atomic mass is 10.1. The summed E-state index contributed by atoms with van der Waals surface area (Å²) < 4.78 is 10.5. The number of amides is 1. The van der Waals surface area contributed by atoms with Crippen LogP contribution in [0.25, 0.3) is 11.0 Å². The molecule has 0 spiro atoms. The molecule has 0 radical (unpaired) electrons. The van der Waals surface area contributed by atoms with Crippen LogP contribution >= 0.6 is 11.6 Å². The molecule has 2 N–H and O–H groups in total. The van der Waals surface area contributed by atoms with Crippen LogP contribution in [-0.4, -0.2) is 35.9 Å². The molecule has 2 aromatic heterocycles. The molecule has 0 bridgehead atoms. The van der Waals surface area contributed by atoms with Gasteiger partial charge >= 0.3 is 6.09 Å². The molecule has 0 aliphatic heterocycles. The van der Waals surface area contributed by atoms with Gasteiger partial charge in [0.25, 0.3) is 0 Å². The molecule has 0 aliphatic rings. The van der Waals surface area contributed by atoms with E-state index in [1.54, 1.807) is 13.3 Å². The Labute approximate surface area is 186 Å². The highest BCUT2D eigenvalue weighted by Crippen LogP contribution is 2.26. The van der Waals surface area contributed by atoms with Crippen molar-refractivity contribution in [3.63, 3.8) is 0 Å². The van der Waals surface area contributed by atoms with Gasteiger partial charge in [0.15, 0.2) is 5.82 Å². The Bertz CT molecular complexity index is 1050. The molecule has 164 valence electrons. The average molecular weight is 444 g/mol. The number of carbonyl (C=O) groups is 1. The van der Waals surface area contributed by atoms with Crippen LogP contribution in [0.15, 0.2) is 39.9 Å². The van der Waals surface area contributed by atoms with Crippen molar-refractivity contribution in [2.45, 2.75) is 39.2 Å². The SMILES string of the molecule is CNc1nc(Cl)nc(C)c1N=CCCCCCOC(=O)NCc1ccc2occc2c1. The monoisotopic (exact) mass is 443 g/mol. The second kappa shape index (κ2) is 11.3. The van der Waals surface area contributed by atoms with Gasteiger partial charge in [-0.15, -0.1) is 0 Å².